The van der Waals surface area contributed by atoms with Crippen LogP contribution in [0.5, 0.6) is 0 Å². The quantitative estimate of drug-likeness (QED) is 0.593. The highest BCUT2D eigenvalue weighted by molar-refractivity contribution is 6.68. The second-order valence-corrected chi connectivity index (χ2v) is 3.96. The third-order valence-corrected chi connectivity index (χ3v) is 2.70. The molecule has 2 rings (SSSR count). The minimum Gasteiger partial charge on any atom is -0.276 e. The number of carbonyl (C=O) groups excluding carboxylic acids is 3. The summed E-state index contributed by atoms with van der Waals surface area (Å²) in [6.07, 6.45) is 2.37. The summed E-state index contributed by atoms with van der Waals surface area (Å²) in [5, 5.41) is -0.614. The van der Waals surface area contributed by atoms with Gasteiger partial charge in [-0.05, 0) is 36.2 Å². The number of amides is 2. The predicted molar refractivity (Wildman–Crippen MR) is 63.0 cm³/mol. The monoisotopic (exact) mass is 249 g/mol. The van der Waals surface area contributed by atoms with Gasteiger partial charge >= 0.3 is 0 Å². The van der Waals surface area contributed by atoms with E-state index in [0.29, 0.717) is 11.3 Å². The maximum absolute atomic E-state index is 11.5. The van der Waals surface area contributed by atoms with Crippen molar-refractivity contribution in [1.82, 2.24) is 0 Å². The van der Waals surface area contributed by atoms with Crippen LogP contribution in [0, 0.1) is 6.92 Å². The maximum Gasteiger partial charge on any atom is 0.258 e. The molecular formula is C12H8ClNO3. The van der Waals surface area contributed by atoms with Gasteiger partial charge in [0.1, 0.15) is 0 Å². The molecule has 0 aliphatic carbocycles. The Bertz CT molecular complexity index is 545. The molecule has 86 valence electrons. The van der Waals surface area contributed by atoms with Gasteiger partial charge in [0.05, 0.1) is 5.69 Å². The van der Waals surface area contributed by atoms with Crippen molar-refractivity contribution in [2.75, 3.05) is 4.90 Å². The number of carbonyl (C=O) groups is 3. The predicted octanol–water partition coefficient (Wildman–Crippen LogP) is 1.80. The molecule has 0 saturated heterocycles. The number of rotatable bonds is 2. The molecular weight excluding hydrogens is 242 g/mol. The first-order chi connectivity index (χ1) is 8.00. The van der Waals surface area contributed by atoms with Crippen molar-refractivity contribution in [3.05, 3.63) is 41.5 Å². The Kier molecular flexibility index (Phi) is 2.81. The minimum atomic E-state index is -0.614. The van der Waals surface area contributed by atoms with E-state index in [9.17, 15) is 14.4 Å². The van der Waals surface area contributed by atoms with Gasteiger partial charge in [-0.3, -0.25) is 14.4 Å². The van der Waals surface area contributed by atoms with E-state index in [0.717, 1.165) is 4.90 Å². The van der Waals surface area contributed by atoms with Gasteiger partial charge in [-0.15, -0.1) is 0 Å². The van der Waals surface area contributed by atoms with Crippen LogP contribution in [0.25, 0.3) is 0 Å². The average Bonchev–Trinajstić information content (AvgIpc) is 2.59. The van der Waals surface area contributed by atoms with Crippen molar-refractivity contribution in [2.24, 2.45) is 0 Å². The van der Waals surface area contributed by atoms with E-state index in [1.54, 1.807) is 19.1 Å². The standard InChI is InChI=1S/C12H8ClNO3/c1-7-2-3-8(6-9(7)12(13)17)14-10(15)4-5-11(14)16/h2-6H,1H3. The van der Waals surface area contributed by atoms with Crippen molar-refractivity contribution < 1.29 is 14.4 Å². The highest BCUT2D eigenvalue weighted by Crippen LogP contribution is 2.23. The molecule has 1 heterocycles. The first-order valence-corrected chi connectivity index (χ1v) is 5.25. The molecule has 1 aromatic rings. The van der Waals surface area contributed by atoms with Gasteiger partial charge in [-0.2, -0.15) is 0 Å². The summed E-state index contributed by atoms with van der Waals surface area (Å²) in [4.78, 5) is 35.0. The fourth-order valence-corrected chi connectivity index (χ4v) is 1.82. The van der Waals surface area contributed by atoms with E-state index in [4.69, 9.17) is 11.6 Å². The van der Waals surface area contributed by atoms with Crippen LogP contribution in [0.15, 0.2) is 30.4 Å². The van der Waals surface area contributed by atoms with Crippen LogP contribution in [-0.4, -0.2) is 17.1 Å². The molecule has 4 nitrogen and oxygen atoms in total. The minimum absolute atomic E-state index is 0.289. The van der Waals surface area contributed by atoms with Gasteiger partial charge in [-0.1, -0.05) is 6.07 Å². The molecule has 17 heavy (non-hydrogen) atoms. The Morgan fingerprint density at radius 2 is 1.76 bits per heavy atom. The molecule has 0 unspecified atom stereocenters. The molecule has 0 radical (unpaired) electrons. The summed E-state index contributed by atoms with van der Waals surface area (Å²) in [6.45, 7) is 1.73. The smallest absolute Gasteiger partial charge is 0.258 e. The van der Waals surface area contributed by atoms with E-state index < -0.39 is 17.1 Å². The SMILES string of the molecule is Cc1ccc(N2C(=O)C=CC2=O)cc1C(=O)Cl. The van der Waals surface area contributed by atoms with Crippen LogP contribution in [0.3, 0.4) is 0 Å². The Hall–Kier alpha value is -1.94. The summed E-state index contributed by atoms with van der Waals surface area (Å²) >= 11 is 5.42. The molecule has 2 amide bonds. The molecule has 1 aliphatic rings. The van der Waals surface area contributed by atoms with Crippen LogP contribution in [0.2, 0.25) is 0 Å². The summed E-state index contributed by atoms with van der Waals surface area (Å²) in [7, 11) is 0. The van der Waals surface area contributed by atoms with E-state index in [2.05, 4.69) is 0 Å². The highest BCUT2D eigenvalue weighted by Gasteiger charge is 2.25. The first-order valence-electron chi connectivity index (χ1n) is 4.87. The normalized spacial score (nSPS) is 14.6. The molecule has 0 spiro atoms. The van der Waals surface area contributed by atoms with Crippen molar-refractivity contribution in [3.63, 3.8) is 0 Å². The summed E-state index contributed by atoms with van der Waals surface area (Å²) < 4.78 is 0. The van der Waals surface area contributed by atoms with Gasteiger partial charge in [-0.25, -0.2) is 4.90 Å². The first kappa shape index (κ1) is 11.5. The number of nitrogens with zero attached hydrogens (tertiary/aromatic N) is 1. The molecule has 0 atom stereocenters. The molecule has 0 bridgehead atoms. The van der Waals surface area contributed by atoms with Gasteiger partial charge in [0.25, 0.3) is 17.1 Å². The lowest BCUT2D eigenvalue weighted by atomic mass is 10.1. The van der Waals surface area contributed by atoms with E-state index >= 15 is 0 Å². The lowest BCUT2D eigenvalue weighted by Gasteiger charge is -2.15. The summed E-state index contributed by atoms with van der Waals surface area (Å²) in [5.74, 6) is -0.848. The zero-order valence-electron chi connectivity index (χ0n) is 8.94. The lowest BCUT2D eigenvalue weighted by molar-refractivity contribution is -0.119. The Morgan fingerprint density at radius 1 is 1.18 bits per heavy atom. The van der Waals surface area contributed by atoms with Crippen LogP contribution < -0.4 is 4.90 Å². The van der Waals surface area contributed by atoms with Crippen LogP contribution >= 0.6 is 11.6 Å². The van der Waals surface area contributed by atoms with E-state index in [-0.39, 0.29) is 5.56 Å². The Balaban J connectivity index is 2.47. The Morgan fingerprint density at radius 3 is 2.29 bits per heavy atom. The molecule has 0 aromatic heterocycles. The van der Waals surface area contributed by atoms with Crippen LogP contribution in [-0.2, 0) is 9.59 Å². The van der Waals surface area contributed by atoms with Gasteiger partial charge in [0, 0.05) is 17.7 Å². The number of hydrogen-bond acceptors (Lipinski definition) is 3. The number of aryl methyl sites for hydroxylation is 1. The zero-order valence-corrected chi connectivity index (χ0v) is 9.69. The topological polar surface area (TPSA) is 54.5 Å². The molecule has 0 saturated carbocycles. The van der Waals surface area contributed by atoms with Crippen molar-refractivity contribution in [2.45, 2.75) is 6.92 Å². The third kappa shape index (κ3) is 1.99. The number of imide groups is 1. The summed E-state index contributed by atoms with van der Waals surface area (Å²) in [5.41, 5.74) is 1.33. The Labute approximate surface area is 102 Å². The molecule has 1 aromatic carbocycles. The second-order valence-electron chi connectivity index (χ2n) is 3.62. The number of benzene rings is 1. The molecule has 0 fully saturated rings. The largest absolute Gasteiger partial charge is 0.276 e. The zero-order chi connectivity index (χ0) is 12.6. The van der Waals surface area contributed by atoms with Gasteiger partial charge < -0.3 is 0 Å². The van der Waals surface area contributed by atoms with Gasteiger partial charge in [0.15, 0.2) is 0 Å². The third-order valence-electron chi connectivity index (χ3n) is 2.50. The summed E-state index contributed by atoms with van der Waals surface area (Å²) in [6, 6.07) is 4.68. The van der Waals surface area contributed by atoms with Crippen molar-refractivity contribution in [1.29, 1.82) is 0 Å². The number of halogens is 1. The highest BCUT2D eigenvalue weighted by atomic mass is 35.5. The second kappa shape index (κ2) is 4.14. The molecule has 0 N–H and O–H groups in total. The van der Waals surface area contributed by atoms with Crippen LogP contribution in [0.4, 0.5) is 5.69 Å². The van der Waals surface area contributed by atoms with Gasteiger partial charge in [0.2, 0.25) is 0 Å². The lowest BCUT2D eigenvalue weighted by Crippen LogP contribution is -2.29. The van der Waals surface area contributed by atoms with E-state index in [1.807, 2.05) is 0 Å². The fraction of sp³-hybridized carbons (Fsp3) is 0.0833. The van der Waals surface area contributed by atoms with Crippen molar-refractivity contribution >= 4 is 34.3 Å². The number of hydrogen-bond donors (Lipinski definition) is 0. The number of anilines is 1. The van der Waals surface area contributed by atoms with Crippen molar-refractivity contribution in [3.8, 4) is 0 Å². The fourth-order valence-electron chi connectivity index (χ4n) is 1.62. The maximum atomic E-state index is 11.5. The molecule has 5 heteroatoms. The average molecular weight is 250 g/mol. The molecule has 1 aliphatic heterocycles. The van der Waals surface area contributed by atoms with E-state index in [1.165, 1.54) is 18.2 Å². The van der Waals surface area contributed by atoms with Crippen LogP contribution in [0.1, 0.15) is 15.9 Å².